The van der Waals surface area contributed by atoms with Gasteiger partial charge in [0.05, 0.1) is 12.7 Å². The normalized spacial score (nSPS) is 29.5. The molecule has 0 amide bonds. The second kappa shape index (κ2) is 9.08. The van der Waals surface area contributed by atoms with E-state index in [-0.39, 0.29) is 12.2 Å². The lowest BCUT2D eigenvalue weighted by Crippen LogP contribution is -2.46. The second-order valence-corrected chi connectivity index (χ2v) is 4.86. The van der Waals surface area contributed by atoms with Crippen LogP contribution in [-0.2, 0) is 9.47 Å². The molecule has 0 aromatic carbocycles. The van der Waals surface area contributed by atoms with Crippen LogP contribution in [0.15, 0.2) is 36.0 Å². The van der Waals surface area contributed by atoms with E-state index in [4.69, 9.17) is 9.47 Å². The Balaban J connectivity index is 2.56. The number of ether oxygens (including phenoxy) is 2. The van der Waals surface area contributed by atoms with Crippen molar-refractivity contribution in [2.24, 2.45) is 0 Å². The van der Waals surface area contributed by atoms with Gasteiger partial charge in [-0.05, 0) is 25.3 Å². The monoisotopic (exact) mass is 266 g/mol. The van der Waals surface area contributed by atoms with E-state index in [2.05, 4.69) is 19.1 Å². The van der Waals surface area contributed by atoms with Gasteiger partial charge in [0.1, 0.15) is 12.2 Å². The molecule has 0 saturated carbocycles. The van der Waals surface area contributed by atoms with Crippen LogP contribution in [-0.4, -0.2) is 37.1 Å². The van der Waals surface area contributed by atoms with E-state index in [0.29, 0.717) is 13.0 Å². The van der Waals surface area contributed by atoms with Crippen LogP contribution in [0.25, 0.3) is 0 Å². The third-order valence-electron chi connectivity index (χ3n) is 3.28. The van der Waals surface area contributed by atoms with E-state index >= 15 is 0 Å². The predicted molar refractivity (Wildman–Crippen MR) is 78.1 cm³/mol. The lowest BCUT2D eigenvalue weighted by Gasteiger charge is -2.35. The Morgan fingerprint density at radius 1 is 1.37 bits per heavy atom. The highest BCUT2D eigenvalue weighted by Gasteiger charge is 2.33. The van der Waals surface area contributed by atoms with Gasteiger partial charge in [0, 0.05) is 7.11 Å². The van der Waals surface area contributed by atoms with Crippen molar-refractivity contribution in [2.45, 2.75) is 51.4 Å². The zero-order chi connectivity index (χ0) is 14.1. The zero-order valence-corrected chi connectivity index (χ0v) is 12.2. The molecular weight excluding hydrogens is 240 g/mol. The third kappa shape index (κ3) is 5.31. The number of unbranched alkanes of at least 4 members (excludes halogenated alkanes) is 1. The molecule has 1 saturated heterocycles. The van der Waals surface area contributed by atoms with Crippen molar-refractivity contribution >= 4 is 0 Å². The molecule has 0 radical (unpaired) electrons. The van der Waals surface area contributed by atoms with Crippen LogP contribution < -0.4 is 0 Å². The molecule has 1 N–H and O–H groups in total. The molecule has 0 aliphatic carbocycles. The summed E-state index contributed by atoms with van der Waals surface area (Å²) in [4.78, 5) is 0. The minimum Gasteiger partial charge on any atom is -0.390 e. The molecule has 0 aromatic rings. The molecule has 1 fully saturated rings. The average molecular weight is 266 g/mol. The maximum absolute atomic E-state index is 9.90. The van der Waals surface area contributed by atoms with Crippen molar-refractivity contribution in [3.05, 3.63) is 36.0 Å². The standard InChI is InChI=1S/C16H26O3/c1-4-5-6-7-8-9-10-13(2)15-16(18-3)14(17)11-12-19-15/h6-10,14-17H,4-5,11-12H2,1-3H3. The number of allylic oxidation sites excluding steroid dienone is 5. The Morgan fingerprint density at radius 3 is 2.84 bits per heavy atom. The largest absolute Gasteiger partial charge is 0.390 e. The Kier molecular flexibility index (Phi) is 7.72. The quantitative estimate of drug-likeness (QED) is 0.751. The van der Waals surface area contributed by atoms with E-state index in [1.165, 1.54) is 6.42 Å². The van der Waals surface area contributed by atoms with Gasteiger partial charge in [-0.25, -0.2) is 0 Å². The summed E-state index contributed by atoms with van der Waals surface area (Å²) in [6, 6.07) is 0. The predicted octanol–water partition coefficient (Wildman–Crippen LogP) is 3.01. The lowest BCUT2D eigenvalue weighted by atomic mass is 9.96. The summed E-state index contributed by atoms with van der Waals surface area (Å²) in [5.74, 6) is 0. The fraction of sp³-hybridized carbons (Fsp3) is 0.625. The highest BCUT2D eigenvalue weighted by atomic mass is 16.5. The molecule has 3 atom stereocenters. The van der Waals surface area contributed by atoms with Gasteiger partial charge in [0.2, 0.25) is 0 Å². The van der Waals surface area contributed by atoms with Crippen molar-refractivity contribution in [2.75, 3.05) is 13.7 Å². The van der Waals surface area contributed by atoms with Crippen LogP contribution in [0.1, 0.15) is 33.1 Å². The molecular formula is C16H26O3. The van der Waals surface area contributed by atoms with Crippen LogP contribution in [0.2, 0.25) is 0 Å². The molecule has 1 aliphatic rings. The molecule has 3 heteroatoms. The second-order valence-electron chi connectivity index (χ2n) is 4.86. The van der Waals surface area contributed by atoms with Gasteiger partial charge < -0.3 is 14.6 Å². The minimum atomic E-state index is -0.444. The number of rotatable bonds is 6. The Morgan fingerprint density at radius 2 is 2.16 bits per heavy atom. The van der Waals surface area contributed by atoms with Gasteiger partial charge in [-0.1, -0.05) is 43.7 Å². The molecule has 19 heavy (non-hydrogen) atoms. The fourth-order valence-corrected chi connectivity index (χ4v) is 2.16. The maximum atomic E-state index is 9.90. The Bertz CT molecular complexity index is 331. The average Bonchev–Trinajstić information content (AvgIpc) is 2.42. The van der Waals surface area contributed by atoms with Gasteiger partial charge in [-0.3, -0.25) is 0 Å². The number of aliphatic hydroxyl groups excluding tert-OH is 1. The molecule has 3 unspecified atom stereocenters. The van der Waals surface area contributed by atoms with Crippen molar-refractivity contribution < 1.29 is 14.6 Å². The van der Waals surface area contributed by atoms with E-state index < -0.39 is 6.10 Å². The first-order chi connectivity index (χ1) is 9.20. The van der Waals surface area contributed by atoms with Gasteiger partial charge in [-0.15, -0.1) is 0 Å². The van der Waals surface area contributed by atoms with E-state index in [1.54, 1.807) is 7.11 Å². The lowest BCUT2D eigenvalue weighted by molar-refractivity contribution is -0.134. The highest BCUT2D eigenvalue weighted by molar-refractivity contribution is 5.20. The van der Waals surface area contributed by atoms with E-state index in [9.17, 15) is 5.11 Å². The molecule has 0 spiro atoms. The van der Waals surface area contributed by atoms with Crippen molar-refractivity contribution in [1.29, 1.82) is 0 Å². The molecule has 0 aromatic heterocycles. The van der Waals surface area contributed by atoms with Crippen molar-refractivity contribution in [3.8, 4) is 0 Å². The van der Waals surface area contributed by atoms with Crippen molar-refractivity contribution in [1.82, 2.24) is 0 Å². The summed E-state index contributed by atoms with van der Waals surface area (Å²) in [7, 11) is 1.62. The molecule has 3 nitrogen and oxygen atoms in total. The van der Waals surface area contributed by atoms with Gasteiger partial charge in [0.25, 0.3) is 0 Å². The highest BCUT2D eigenvalue weighted by Crippen LogP contribution is 2.23. The molecule has 108 valence electrons. The summed E-state index contributed by atoms with van der Waals surface area (Å²) < 4.78 is 11.0. The van der Waals surface area contributed by atoms with Gasteiger partial charge >= 0.3 is 0 Å². The summed E-state index contributed by atoms with van der Waals surface area (Å²) >= 11 is 0. The third-order valence-corrected chi connectivity index (χ3v) is 3.28. The molecule has 1 aliphatic heterocycles. The first-order valence-electron chi connectivity index (χ1n) is 7.03. The van der Waals surface area contributed by atoms with Crippen LogP contribution in [0.3, 0.4) is 0 Å². The van der Waals surface area contributed by atoms with Crippen LogP contribution in [0.4, 0.5) is 0 Å². The Hall–Kier alpha value is -0.900. The molecule has 1 rings (SSSR count). The summed E-state index contributed by atoms with van der Waals surface area (Å²) in [5, 5.41) is 9.90. The van der Waals surface area contributed by atoms with Crippen LogP contribution >= 0.6 is 0 Å². The molecule has 0 bridgehead atoms. The van der Waals surface area contributed by atoms with Crippen molar-refractivity contribution in [3.63, 3.8) is 0 Å². The number of methoxy groups -OCH3 is 1. The smallest absolute Gasteiger partial charge is 0.113 e. The van der Waals surface area contributed by atoms with E-state index in [1.807, 2.05) is 25.2 Å². The van der Waals surface area contributed by atoms with Crippen LogP contribution in [0.5, 0.6) is 0 Å². The summed E-state index contributed by atoms with van der Waals surface area (Å²) in [6.07, 6.45) is 12.3. The number of aliphatic hydroxyl groups is 1. The van der Waals surface area contributed by atoms with Crippen LogP contribution in [0, 0.1) is 0 Å². The molecule has 1 heterocycles. The Labute approximate surface area is 116 Å². The first kappa shape index (κ1) is 16.2. The topological polar surface area (TPSA) is 38.7 Å². The summed E-state index contributed by atoms with van der Waals surface area (Å²) in [6.45, 7) is 4.75. The van der Waals surface area contributed by atoms with E-state index in [0.717, 1.165) is 12.0 Å². The minimum absolute atomic E-state index is 0.155. The van der Waals surface area contributed by atoms with Gasteiger partial charge in [0.15, 0.2) is 0 Å². The number of hydrogen-bond acceptors (Lipinski definition) is 3. The first-order valence-corrected chi connectivity index (χ1v) is 7.03. The SMILES string of the molecule is CCCC=CC=CC=C(C)C1OCCC(O)C1OC. The van der Waals surface area contributed by atoms with Gasteiger partial charge in [-0.2, -0.15) is 0 Å². The fourth-order valence-electron chi connectivity index (χ4n) is 2.16. The maximum Gasteiger partial charge on any atom is 0.113 e. The zero-order valence-electron chi connectivity index (χ0n) is 12.2. The summed E-state index contributed by atoms with van der Waals surface area (Å²) in [5.41, 5.74) is 1.07. The number of hydrogen-bond donors (Lipinski definition) is 1.